The highest BCUT2D eigenvalue weighted by atomic mass is 35.5. The molecular weight excluding hydrogens is 246 g/mol. The fraction of sp³-hybridized carbons (Fsp3) is 0.267. The van der Waals surface area contributed by atoms with E-state index in [0.717, 1.165) is 11.3 Å². The topological polar surface area (TPSA) is 22.0 Å². The Morgan fingerprint density at radius 2 is 1.89 bits per heavy atom. The Morgan fingerprint density at radius 1 is 1.17 bits per heavy atom. The third-order valence-electron chi connectivity index (χ3n) is 3.18. The summed E-state index contributed by atoms with van der Waals surface area (Å²) in [6.07, 6.45) is 0. The van der Waals surface area contributed by atoms with Gasteiger partial charge in [-0.1, -0.05) is 29.8 Å². The van der Waals surface area contributed by atoms with Crippen molar-refractivity contribution in [2.45, 2.75) is 19.7 Å². The summed E-state index contributed by atoms with van der Waals surface area (Å²) < 4.78 is 1.66. The van der Waals surface area contributed by atoms with E-state index in [2.05, 4.69) is 32.0 Å². The quantitative estimate of drug-likeness (QED) is 0.760. The monoisotopic (exact) mass is 261 g/mol. The molecule has 2 aromatic rings. The number of alkyl halides is 1. The van der Waals surface area contributed by atoms with Crippen LogP contribution in [0.2, 0.25) is 0 Å². The number of pyridine rings is 1. The van der Waals surface area contributed by atoms with Crippen LogP contribution in [0.25, 0.3) is 11.3 Å². The van der Waals surface area contributed by atoms with Crippen molar-refractivity contribution < 1.29 is 0 Å². The normalized spacial score (nSPS) is 10.7. The van der Waals surface area contributed by atoms with Gasteiger partial charge >= 0.3 is 0 Å². The summed E-state index contributed by atoms with van der Waals surface area (Å²) in [7, 11) is 1.78. The minimum absolute atomic E-state index is 0.0255. The Labute approximate surface area is 112 Å². The highest BCUT2D eigenvalue weighted by molar-refractivity contribution is 6.17. The molecule has 0 aliphatic carbocycles. The zero-order chi connectivity index (χ0) is 13.3. The second-order valence-corrected chi connectivity index (χ2v) is 4.83. The number of rotatable bonds is 2. The molecule has 1 aromatic carbocycles. The van der Waals surface area contributed by atoms with Gasteiger partial charge in [0.15, 0.2) is 0 Å². The fourth-order valence-corrected chi connectivity index (χ4v) is 2.36. The number of nitrogens with zero attached hydrogens (tertiary/aromatic N) is 1. The molecule has 18 heavy (non-hydrogen) atoms. The van der Waals surface area contributed by atoms with Gasteiger partial charge in [0.1, 0.15) is 0 Å². The standard InChI is InChI=1S/C15H16ClNO/c1-10-4-6-13(11(2)8-10)14-7-5-12(9-16)15(18)17(14)3/h4-8H,9H2,1-3H3. The van der Waals surface area contributed by atoms with Gasteiger partial charge in [-0.25, -0.2) is 0 Å². The SMILES string of the molecule is Cc1ccc(-c2ccc(CCl)c(=O)n2C)c(C)c1. The van der Waals surface area contributed by atoms with Gasteiger partial charge in [-0.2, -0.15) is 0 Å². The molecule has 0 amide bonds. The lowest BCUT2D eigenvalue weighted by atomic mass is 10.0. The molecule has 2 rings (SSSR count). The zero-order valence-electron chi connectivity index (χ0n) is 10.8. The van der Waals surface area contributed by atoms with E-state index in [1.807, 2.05) is 12.1 Å². The second kappa shape index (κ2) is 4.99. The first kappa shape index (κ1) is 12.9. The summed E-state index contributed by atoms with van der Waals surface area (Å²) in [5.74, 6) is 0.250. The van der Waals surface area contributed by atoms with Crippen LogP contribution in [0.1, 0.15) is 16.7 Å². The lowest BCUT2D eigenvalue weighted by Gasteiger charge is -2.12. The van der Waals surface area contributed by atoms with E-state index < -0.39 is 0 Å². The number of halogens is 1. The average Bonchev–Trinajstić information content (AvgIpc) is 2.34. The zero-order valence-corrected chi connectivity index (χ0v) is 11.6. The first-order chi connectivity index (χ1) is 8.54. The van der Waals surface area contributed by atoms with Gasteiger partial charge in [-0.05, 0) is 25.5 Å². The van der Waals surface area contributed by atoms with Crippen molar-refractivity contribution in [2.75, 3.05) is 0 Å². The number of hydrogen-bond acceptors (Lipinski definition) is 1. The van der Waals surface area contributed by atoms with Crippen LogP contribution in [0.4, 0.5) is 0 Å². The van der Waals surface area contributed by atoms with Crippen LogP contribution >= 0.6 is 11.6 Å². The molecule has 0 unspecified atom stereocenters. The third kappa shape index (κ3) is 2.21. The van der Waals surface area contributed by atoms with Gasteiger partial charge in [-0.3, -0.25) is 4.79 Å². The van der Waals surface area contributed by atoms with E-state index in [0.29, 0.717) is 5.56 Å². The summed E-state index contributed by atoms with van der Waals surface area (Å²) in [5, 5.41) is 0. The molecule has 1 aromatic heterocycles. The maximum Gasteiger partial charge on any atom is 0.255 e. The Morgan fingerprint density at radius 3 is 2.50 bits per heavy atom. The van der Waals surface area contributed by atoms with Crippen molar-refractivity contribution >= 4 is 11.6 Å². The molecule has 0 radical (unpaired) electrons. The van der Waals surface area contributed by atoms with Crippen LogP contribution < -0.4 is 5.56 Å². The Bertz CT molecular complexity index is 643. The Balaban J connectivity index is 2.65. The summed E-state index contributed by atoms with van der Waals surface area (Å²) in [4.78, 5) is 12.1. The molecule has 94 valence electrons. The highest BCUT2D eigenvalue weighted by Crippen LogP contribution is 2.23. The van der Waals surface area contributed by atoms with Crippen molar-refractivity contribution in [1.82, 2.24) is 4.57 Å². The van der Waals surface area contributed by atoms with E-state index in [9.17, 15) is 4.79 Å². The third-order valence-corrected chi connectivity index (χ3v) is 3.47. The maximum atomic E-state index is 12.1. The molecule has 0 spiro atoms. The van der Waals surface area contributed by atoms with Gasteiger partial charge in [-0.15, -0.1) is 11.6 Å². The average molecular weight is 262 g/mol. The molecule has 1 heterocycles. The van der Waals surface area contributed by atoms with E-state index in [-0.39, 0.29) is 11.4 Å². The molecule has 2 nitrogen and oxygen atoms in total. The molecular formula is C15H16ClNO. The van der Waals surface area contributed by atoms with Gasteiger partial charge in [0.2, 0.25) is 0 Å². The Hall–Kier alpha value is -1.54. The molecule has 0 fully saturated rings. The largest absolute Gasteiger partial charge is 0.311 e. The number of aromatic nitrogens is 1. The number of aryl methyl sites for hydroxylation is 2. The van der Waals surface area contributed by atoms with Crippen molar-refractivity contribution in [3.05, 3.63) is 57.4 Å². The molecule has 3 heteroatoms. The summed E-state index contributed by atoms with van der Waals surface area (Å²) in [6, 6.07) is 10.00. The van der Waals surface area contributed by atoms with E-state index in [1.165, 1.54) is 11.1 Å². The van der Waals surface area contributed by atoms with Gasteiger partial charge in [0, 0.05) is 18.2 Å². The molecule has 0 saturated heterocycles. The van der Waals surface area contributed by atoms with Crippen molar-refractivity contribution in [3.8, 4) is 11.3 Å². The van der Waals surface area contributed by atoms with E-state index in [4.69, 9.17) is 11.6 Å². The van der Waals surface area contributed by atoms with E-state index >= 15 is 0 Å². The number of hydrogen-bond donors (Lipinski definition) is 0. The van der Waals surface area contributed by atoms with Crippen LogP contribution in [-0.4, -0.2) is 4.57 Å². The van der Waals surface area contributed by atoms with Gasteiger partial charge < -0.3 is 4.57 Å². The minimum Gasteiger partial charge on any atom is -0.311 e. The van der Waals surface area contributed by atoms with Crippen molar-refractivity contribution in [3.63, 3.8) is 0 Å². The molecule has 0 bridgehead atoms. The first-order valence-corrected chi connectivity index (χ1v) is 6.40. The van der Waals surface area contributed by atoms with Gasteiger partial charge in [0.25, 0.3) is 5.56 Å². The number of benzene rings is 1. The van der Waals surface area contributed by atoms with Crippen molar-refractivity contribution in [1.29, 1.82) is 0 Å². The molecule has 0 atom stereocenters. The lowest BCUT2D eigenvalue weighted by molar-refractivity contribution is 0.855. The van der Waals surface area contributed by atoms with Crippen LogP contribution in [0.15, 0.2) is 35.1 Å². The van der Waals surface area contributed by atoms with Crippen LogP contribution in [0, 0.1) is 13.8 Å². The highest BCUT2D eigenvalue weighted by Gasteiger charge is 2.08. The van der Waals surface area contributed by atoms with E-state index in [1.54, 1.807) is 11.6 Å². The second-order valence-electron chi connectivity index (χ2n) is 4.56. The maximum absolute atomic E-state index is 12.1. The summed E-state index contributed by atoms with van der Waals surface area (Å²) in [6.45, 7) is 4.12. The fourth-order valence-electron chi connectivity index (χ4n) is 2.16. The van der Waals surface area contributed by atoms with Crippen LogP contribution in [0.3, 0.4) is 0 Å². The smallest absolute Gasteiger partial charge is 0.255 e. The minimum atomic E-state index is -0.0255. The summed E-state index contributed by atoms with van der Waals surface area (Å²) >= 11 is 5.74. The van der Waals surface area contributed by atoms with Crippen LogP contribution in [-0.2, 0) is 12.9 Å². The molecule has 0 aliphatic heterocycles. The van der Waals surface area contributed by atoms with Crippen molar-refractivity contribution in [2.24, 2.45) is 7.05 Å². The predicted molar refractivity (Wildman–Crippen MR) is 76.2 cm³/mol. The van der Waals surface area contributed by atoms with Gasteiger partial charge in [0.05, 0.1) is 11.6 Å². The molecule has 0 saturated carbocycles. The lowest BCUT2D eigenvalue weighted by Crippen LogP contribution is -2.21. The first-order valence-electron chi connectivity index (χ1n) is 5.87. The predicted octanol–water partition coefficient (Wildman–Crippen LogP) is 3.41. The Kier molecular flexibility index (Phi) is 3.58. The van der Waals surface area contributed by atoms with Crippen LogP contribution in [0.5, 0.6) is 0 Å². The summed E-state index contributed by atoms with van der Waals surface area (Å²) in [5.41, 5.74) is 5.00. The molecule has 0 N–H and O–H groups in total. The molecule has 0 aliphatic rings.